The van der Waals surface area contributed by atoms with Gasteiger partial charge >= 0.3 is 11.9 Å². The van der Waals surface area contributed by atoms with Crippen LogP contribution in [0.5, 0.6) is 0 Å². The second-order valence-corrected chi connectivity index (χ2v) is 5.88. The van der Waals surface area contributed by atoms with Crippen LogP contribution in [0, 0.1) is 0 Å². The number of benzene rings is 1. The summed E-state index contributed by atoms with van der Waals surface area (Å²) in [6.07, 6.45) is 1.02. The van der Waals surface area contributed by atoms with Crippen molar-refractivity contribution in [1.82, 2.24) is 5.32 Å². The van der Waals surface area contributed by atoms with Crippen LogP contribution in [0.2, 0.25) is 0 Å². The van der Waals surface area contributed by atoms with Gasteiger partial charge in [-0.05, 0) is 37.1 Å². The molecule has 0 fully saturated rings. The number of nitrogens with one attached hydrogen (secondary N) is 2. The van der Waals surface area contributed by atoms with E-state index in [1.165, 1.54) is 14.2 Å². The van der Waals surface area contributed by atoms with Gasteiger partial charge in [-0.2, -0.15) is 0 Å². The van der Waals surface area contributed by atoms with Gasteiger partial charge in [0.2, 0.25) is 5.91 Å². The fourth-order valence-electron chi connectivity index (χ4n) is 2.53. The molecule has 128 valence electrons. The molecule has 0 unspecified atom stereocenters. The van der Waals surface area contributed by atoms with Crippen molar-refractivity contribution in [3.63, 3.8) is 0 Å². The molecule has 0 saturated heterocycles. The summed E-state index contributed by atoms with van der Waals surface area (Å²) in [5.74, 6) is -1.39. The fraction of sp³-hybridized carbons (Fsp3) is 0.353. The zero-order valence-electron chi connectivity index (χ0n) is 14.1. The number of methoxy groups -OCH3 is 2. The van der Waals surface area contributed by atoms with E-state index in [9.17, 15) is 14.4 Å². The molecule has 0 spiro atoms. The Labute approximate surface area is 140 Å². The van der Waals surface area contributed by atoms with Crippen molar-refractivity contribution in [3.8, 4) is 0 Å². The standard InChI is InChI=1S/C17H20N2O5/c1-17(2)12-6-5-11(7-10(12)9-18-16(17)22)19-13(15(21)24-4)8-14(20)23-3/h5-8,19H,9H2,1-4H3,(H,18,22)/b13-8+. The summed E-state index contributed by atoms with van der Waals surface area (Å²) >= 11 is 0. The van der Waals surface area contributed by atoms with Crippen LogP contribution in [0.25, 0.3) is 0 Å². The number of esters is 2. The lowest BCUT2D eigenvalue weighted by Gasteiger charge is -2.32. The lowest BCUT2D eigenvalue weighted by Crippen LogP contribution is -2.44. The molecule has 7 nitrogen and oxygen atoms in total. The third-order valence-corrected chi connectivity index (χ3v) is 3.93. The highest BCUT2D eigenvalue weighted by Gasteiger charge is 2.35. The van der Waals surface area contributed by atoms with Gasteiger partial charge in [-0.3, -0.25) is 4.79 Å². The molecule has 0 saturated carbocycles. The molecule has 7 heteroatoms. The first-order chi connectivity index (χ1) is 11.3. The quantitative estimate of drug-likeness (QED) is 0.636. The van der Waals surface area contributed by atoms with Crippen LogP contribution in [0.15, 0.2) is 30.0 Å². The largest absolute Gasteiger partial charge is 0.466 e. The summed E-state index contributed by atoms with van der Waals surface area (Å²) in [4.78, 5) is 35.2. The first kappa shape index (κ1) is 17.5. The molecule has 1 heterocycles. The summed E-state index contributed by atoms with van der Waals surface area (Å²) in [6.45, 7) is 4.11. The normalized spacial score (nSPS) is 15.8. The van der Waals surface area contributed by atoms with Crippen LogP contribution in [0.4, 0.5) is 5.69 Å². The number of hydrogen-bond acceptors (Lipinski definition) is 6. The zero-order valence-corrected chi connectivity index (χ0v) is 14.1. The maximum absolute atomic E-state index is 12.0. The maximum Gasteiger partial charge on any atom is 0.354 e. The highest BCUT2D eigenvalue weighted by molar-refractivity contribution is 5.98. The number of ether oxygens (including phenoxy) is 2. The molecule has 0 bridgehead atoms. The van der Waals surface area contributed by atoms with Gasteiger partial charge in [0.15, 0.2) is 0 Å². The second-order valence-electron chi connectivity index (χ2n) is 5.88. The first-order valence-electron chi connectivity index (χ1n) is 7.36. The minimum Gasteiger partial charge on any atom is -0.466 e. The highest BCUT2D eigenvalue weighted by Crippen LogP contribution is 2.32. The topological polar surface area (TPSA) is 93.7 Å². The lowest BCUT2D eigenvalue weighted by molar-refractivity contribution is -0.138. The van der Waals surface area contributed by atoms with Crippen molar-refractivity contribution in [2.45, 2.75) is 25.8 Å². The number of hydrogen-bond donors (Lipinski definition) is 2. The molecule has 1 amide bonds. The van der Waals surface area contributed by atoms with Crippen LogP contribution < -0.4 is 10.6 Å². The van der Waals surface area contributed by atoms with Crippen molar-refractivity contribution in [2.75, 3.05) is 19.5 Å². The molecule has 2 rings (SSSR count). The van der Waals surface area contributed by atoms with Crippen LogP contribution >= 0.6 is 0 Å². The van der Waals surface area contributed by atoms with E-state index < -0.39 is 17.4 Å². The van der Waals surface area contributed by atoms with E-state index in [1.807, 2.05) is 26.0 Å². The first-order valence-corrected chi connectivity index (χ1v) is 7.36. The van der Waals surface area contributed by atoms with Crippen molar-refractivity contribution in [3.05, 3.63) is 41.1 Å². The number of carbonyl (C=O) groups is 3. The highest BCUT2D eigenvalue weighted by atomic mass is 16.5. The van der Waals surface area contributed by atoms with E-state index in [0.29, 0.717) is 12.2 Å². The summed E-state index contributed by atoms with van der Waals surface area (Å²) in [5, 5.41) is 5.69. The van der Waals surface area contributed by atoms with Gasteiger partial charge in [0, 0.05) is 12.2 Å². The predicted molar refractivity (Wildman–Crippen MR) is 87.1 cm³/mol. The SMILES string of the molecule is COC(=O)/C=C(/Nc1ccc2c(c1)CNC(=O)C2(C)C)C(=O)OC. The monoisotopic (exact) mass is 332 g/mol. The van der Waals surface area contributed by atoms with Gasteiger partial charge in [-0.15, -0.1) is 0 Å². The van der Waals surface area contributed by atoms with Gasteiger partial charge in [-0.25, -0.2) is 9.59 Å². The zero-order chi connectivity index (χ0) is 17.9. The Morgan fingerprint density at radius 2 is 1.96 bits per heavy atom. The van der Waals surface area contributed by atoms with Gasteiger partial charge in [0.25, 0.3) is 0 Å². The predicted octanol–water partition coefficient (Wildman–Crippen LogP) is 1.24. The van der Waals surface area contributed by atoms with Crippen LogP contribution in [-0.2, 0) is 35.8 Å². The van der Waals surface area contributed by atoms with E-state index in [-0.39, 0.29) is 11.6 Å². The Morgan fingerprint density at radius 1 is 1.25 bits per heavy atom. The van der Waals surface area contributed by atoms with Crippen molar-refractivity contribution in [2.24, 2.45) is 0 Å². The molecule has 2 N–H and O–H groups in total. The number of carbonyl (C=O) groups excluding carboxylic acids is 3. The third kappa shape index (κ3) is 3.40. The Hall–Kier alpha value is -2.83. The molecule has 1 aromatic rings. The summed E-state index contributed by atoms with van der Waals surface area (Å²) in [5.41, 5.74) is 1.80. The molecule has 0 atom stereocenters. The molecular weight excluding hydrogens is 312 g/mol. The molecule has 1 aromatic carbocycles. The molecule has 0 aromatic heterocycles. The van der Waals surface area contributed by atoms with E-state index in [2.05, 4.69) is 20.1 Å². The van der Waals surface area contributed by atoms with Gasteiger partial charge in [0.05, 0.1) is 25.7 Å². The van der Waals surface area contributed by atoms with Crippen molar-refractivity contribution < 1.29 is 23.9 Å². The molecule has 1 aliphatic heterocycles. The molecule has 0 aliphatic carbocycles. The van der Waals surface area contributed by atoms with E-state index >= 15 is 0 Å². The Balaban J connectivity index is 2.33. The van der Waals surface area contributed by atoms with Gasteiger partial charge in [0.1, 0.15) is 5.70 Å². The maximum atomic E-state index is 12.0. The molecule has 24 heavy (non-hydrogen) atoms. The second kappa shape index (κ2) is 6.74. The van der Waals surface area contributed by atoms with E-state index in [1.54, 1.807) is 6.07 Å². The minimum atomic E-state index is -0.688. The Bertz CT molecular complexity index is 722. The smallest absolute Gasteiger partial charge is 0.354 e. The summed E-state index contributed by atoms with van der Waals surface area (Å²) < 4.78 is 9.19. The molecular formula is C17H20N2O5. The van der Waals surface area contributed by atoms with E-state index in [4.69, 9.17) is 0 Å². The minimum absolute atomic E-state index is 0.0310. The average Bonchev–Trinajstić information content (AvgIpc) is 2.56. The lowest BCUT2D eigenvalue weighted by atomic mass is 9.78. The number of amides is 1. The third-order valence-electron chi connectivity index (χ3n) is 3.93. The Kier molecular flexibility index (Phi) is 4.92. The summed E-state index contributed by atoms with van der Waals surface area (Å²) in [6, 6.07) is 5.40. The van der Waals surface area contributed by atoms with E-state index in [0.717, 1.165) is 17.2 Å². The number of rotatable bonds is 4. The average molecular weight is 332 g/mol. The molecule has 1 aliphatic rings. The fourth-order valence-corrected chi connectivity index (χ4v) is 2.53. The number of fused-ring (bicyclic) bond motifs is 1. The van der Waals surface area contributed by atoms with Gasteiger partial charge in [-0.1, -0.05) is 6.07 Å². The van der Waals surface area contributed by atoms with Crippen molar-refractivity contribution >= 4 is 23.5 Å². The van der Waals surface area contributed by atoms with Gasteiger partial charge < -0.3 is 20.1 Å². The molecule has 0 radical (unpaired) electrons. The number of anilines is 1. The van der Waals surface area contributed by atoms with Crippen LogP contribution in [0.1, 0.15) is 25.0 Å². The Morgan fingerprint density at radius 3 is 2.58 bits per heavy atom. The van der Waals surface area contributed by atoms with Crippen molar-refractivity contribution in [1.29, 1.82) is 0 Å². The van der Waals surface area contributed by atoms with Crippen LogP contribution in [0.3, 0.4) is 0 Å². The van der Waals surface area contributed by atoms with Crippen LogP contribution in [-0.4, -0.2) is 32.1 Å². The summed E-state index contributed by atoms with van der Waals surface area (Å²) in [7, 11) is 2.44.